The van der Waals surface area contributed by atoms with E-state index in [-0.39, 0.29) is 5.82 Å². The van der Waals surface area contributed by atoms with Crippen LogP contribution < -0.4 is 0 Å². The number of alkyl halides is 1. The van der Waals surface area contributed by atoms with Gasteiger partial charge in [0.05, 0.1) is 23.5 Å². The molecule has 0 saturated heterocycles. The van der Waals surface area contributed by atoms with Gasteiger partial charge in [0.15, 0.2) is 0 Å². The summed E-state index contributed by atoms with van der Waals surface area (Å²) in [5, 5.41) is 7.72. The molecule has 2 aromatic rings. The van der Waals surface area contributed by atoms with E-state index in [0.29, 0.717) is 17.3 Å². The fraction of sp³-hybridized carbons (Fsp3) is 0.200. The van der Waals surface area contributed by atoms with Crippen molar-refractivity contribution in [2.45, 2.75) is 12.8 Å². The Labute approximate surface area is 91.5 Å². The van der Waals surface area contributed by atoms with Crippen LogP contribution in [0.25, 0.3) is 5.69 Å². The van der Waals surface area contributed by atoms with Crippen molar-refractivity contribution in [1.29, 1.82) is 0 Å². The van der Waals surface area contributed by atoms with Crippen LogP contribution in [0, 0.1) is 12.7 Å². The molecular weight excluding hydrogens is 217 g/mol. The fourth-order valence-electron chi connectivity index (χ4n) is 1.31. The van der Waals surface area contributed by atoms with Gasteiger partial charge < -0.3 is 0 Å². The van der Waals surface area contributed by atoms with Crippen molar-refractivity contribution in [2.75, 3.05) is 0 Å². The summed E-state index contributed by atoms with van der Waals surface area (Å²) in [6.45, 7) is 1.89. The molecular formula is C10H9ClFN3. The molecule has 0 atom stereocenters. The predicted molar refractivity (Wildman–Crippen MR) is 55.6 cm³/mol. The Hall–Kier alpha value is -1.42. The molecule has 0 N–H and O–H groups in total. The molecule has 0 aliphatic heterocycles. The molecule has 0 bridgehead atoms. The minimum absolute atomic E-state index is 0.293. The number of nitrogens with zero attached hydrogens (tertiary/aromatic N) is 3. The van der Waals surface area contributed by atoms with Gasteiger partial charge in [0, 0.05) is 0 Å². The third-order valence-corrected chi connectivity index (χ3v) is 2.37. The summed E-state index contributed by atoms with van der Waals surface area (Å²) in [5.41, 5.74) is 2.28. The molecule has 5 heteroatoms. The molecule has 15 heavy (non-hydrogen) atoms. The third kappa shape index (κ3) is 1.99. The van der Waals surface area contributed by atoms with E-state index in [2.05, 4.69) is 10.3 Å². The van der Waals surface area contributed by atoms with Crippen LogP contribution in [0.1, 0.15) is 11.3 Å². The Morgan fingerprint density at radius 1 is 1.47 bits per heavy atom. The first-order valence-electron chi connectivity index (χ1n) is 4.44. The van der Waals surface area contributed by atoms with Crippen molar-refractivity contribution in [3.8, 4) is 5.69 Å². The van der Waals surface area contributed by atoms with Gasteiger partial charge in [0.1, 0.15) is 5.82 Å². The first-order valence-corrected chi connectivity index (χ1v) is 4.98. The second kappa shape index (κ2) is 3.98. The molecule has 3 nitrogen and oxygen atoms in total. The largest absolute Gasteiger partial charge is 0.220 e. The van der Waals surface area contributed by atoms with E-state index in [9.17, 15) is 4.39 Å². The summed E-state index contributed by atoms with van der Waals surface area (Å²) in [6, 6.07) is 4.53. The normalized spacial score (nSPS) is 10.6. The van der Waals surface area contributed by atoms with Crippen LogP contribution in [-0.4, -0.2) is 15.0 Å². The van der Waals surface area contributed by atoms with Gasteiger partial charge in [0.25, 0.3) is 0 Å². The second-order valence-electron chi connectivity index (χ2n) is 3.22. The highest BCUT2D eigenvalue weighted by Crippen LogP contribution is 2.14. The lowest BCUT2D eigenvalue weighted by Crippen LogP contribution is -1.98. The van der Waals surface area contributed by atoms with E-state index in [0.717, 1.165) is 5.56 Å². The third-order valence-electron chi connectivity index (χ3n) is 2.10. The van der Waals surface area contributed by atoms with Crippen molar-refractivity contribution in [2.24, 2.45) is 0 Å². The first-order chi connectivity index (χ1) is 7.20. The van der Waals surface area contributed by atoms with Gasteiger partial charge in [-0.1, -0.05) is 11.3 Å². The van der Waals surface area contributed by atoms with Gasteiger partial charge in [0.2, 0.25) is 0 Å². The predicted octanol–water partition coefficient (Wildman–Crippen LogP) is 2.45. The molecule has 0 unspecified atom stereocenters. The standard InChI is InChI=1S/C10H9ClFN3/c1-7-2-3-8(12)4-10(7)15-6-9(5-11)13-14-15/h2-4,6H,5H2,1H3. The highest BCUT2D eigenvalue weighted by Gasteiger charge is 2.05. The maximum atomic E-state index is 13.0. The van der Waals surface area contributed by atoms with Crippen LogP contribution >= 0.6 is 11.6 Å². The number of hydrogen-bond acceptors (Lipinski definition) is 2. The lowest BCUT2D eigenvalue weighted by molar-refractivity contribution is 0.624. The smallest absolute Gasteiger partial charge is 0.125 e. The van der Waals surface area contributed by atoms with E-state index < -0.39 is 0 Å². The van der Waals surface area contributed by atoms with Gasteiger partial charge in [-0.15, -0.1) is 16.7 Å². The zero-order valence-corrected chi connectivity index (χ0v) is 8.87. The molecule has 1 aromatic carbocycles. The molecule has 1 aromatic heterocycles. The van der Waals surface area contributed by atoms with E-state index in [1.165, 1.54) is 16.8 Å². The maximum Gasteiger partial charge on any atom is 0.125 e. The van der Waals surface area contributed by atoms with Crippen LogP contribution in [0.5, 0.6) is 0 Å². The number of rotatable bonds is 2. The van der Waals surface area contributed by atoms with Gasteiger partial charge in [-0.3, -0.25) is 0 Å². The highest BCUT2D eigenvalue weighted by molar-refractivity contribution is 6.16. The number of hydrogen-bond donors (Lipinski definition) is 0. The van der Waals surface area contributed by atoms with Crippen LogP contribution in [0.2, 0.25) is 0 Å². The number of aryl methyl sites for hydroxylation is 1. The van der Waals surface area contributed by atoms with Gasteiger partial charge in [-0.05, 0) is 24.6 Å². The first kappa shape index (κ1) is 10.1. The van der Waals surface area contributed by atoms with E-state index in [4.69, 9.17) is 11.6 Å². The molecule has 0 fully saturated rings. The Balaban J connectivity index is 2.48. The quantitative estimate of drug-likeness (QED) is 0.735. The summed E-state index contributed by atoms with van der Waals surface area (Å²) in [4.78, 5) is 0. The number of halogens is 2. The average Bonchev–Trinajstić information content (AvgIpc) is 2.70. The molecule has 0 radical (unpaired) electrons. The van der Waals surface area contributed by atoms with Gasteiger partial charge >= 0.3 is 0 Å². The zero-order valence-electron chi connectivity index (χ0n) is 8.11. The molecule has 0 amide bonds. The maximum absolute atomic E-state index is 13.0. The minimum Gasteiger partial charge on any atom is -0.220 e. The van der Waals surface area contributed by atoms with Crippen molar-refractivity contribution < 1.29 is 4.39 Å². The molecule has 0 aliphatic rings. The highest BCUT2D eigenvalue weighted by atomic mass is 35.5. The fourth-order valence-corrected chi connectivity index (χ4v) is 1.43. The zero-order chi connectivity index (χ0) is 10.8. The Morgan fingerprint density at radius 2 is 2.27 bits per heavy atom. The number of aromatic nitrogens is 3. The second-order valence-corrected chi connectivity index (χ2v) is 3.49. The molecule has 0 saturated carbocycles. The van der Waals surface area contributed by atoms with Crippen LogP contribution in [0.3, 0.4) is 0 Å². The monoisotopic (exact) mass is 225 g/mol. The van der Waals surface area contributed by atoms with Crippen LogP contribution in [0.4, 0.5) is 4.39 Å². The van der Waals surface area contributed by atoms with Crippen molar-refractivity contribution in [3.05, 3.63) is 41.5 Å². The number of benzene rings is 1. The molecule has 0 aliphatic carbocycles. The molecule has 1 heterocycles. The minimum atomic E-state index is -0.293. The van der Waals surface area contributed by atoms with E-state index in [1.807, 2.05) is 6.92 Å². The Bertz CT molecular complexity index is 481. The topological polar surface area (TPSA) is 30.7 Å². The summed E-state index contributed by atoms with van der Waals surface area (Å²) in [5.74, 6) is 0.00693. The molecule has 2 rings (SSSR count). The van der Waals surface area contributed by atoms with Crippen LogP contribution in [0.15, 0.2) is 24.4 Å². The van der Waals surface area contributed by atoms with Crippen molar-refractivity contribution in [1.82, 2.24) is 15.0 Å². The lowest BCUT2D eigenvalue weighted by Gasteiger charge is -2.03. The molecule has 0 spiro atoms. The molecule has 78 valence electrons. The summed E-state index contributed by atoms with van der Waals surface area (Å²) in [6.07, 6.45) is 1.69. The van der Waals surface area contributed by atoms with E-state index in [1.54, 1.807) is 12.3 Å². The lowest BCUT2D eigenvalue weighted by atomic mass is 10.2. The van der Waals surface area contributed by atoms with E-state index >= 15 is 0 Å². The summed E-state index contributed by atoms with van der Waals surface area (Å²) >= 11 is 5.61. The average molecular weight is 226 g/mol. The van der Waals surface area contributed by atoms with Crippen molar-refractivity contribution in [3.63, 3.8) is 0 Å². The van der Waals surface area contributed by atoms with Crippen molar-refractivity contribution >= 4 is 11.6 Å². The van der Waals surface area contributed by atoms with Crippen LogP contribution in [-0.2, 0) is 5.88 Å². The van der Waals surface area contributed by atoms with Gasteiger partial charge in [-0.25, -0.2) is 9.07 Å². The van der Waals surface area contributed by atoms with Gasteiger partial charge in [-0.2, -0.15) is 0 Å². The summed E-state index contributed by atoms with van der Waals surface area (Å²) in [7, 11) is 0. The summed E-state index contributed by atoms with van der Waals surface area (Å²) < 4.78 is 14.6. The Morgan fingerprint density at radius 3 is 2.93 bits per heavy atom. The SMILES string of the molecule is Cc1ccc(F)cc1-n1cc(CCl)nn1. The Kier molecular flexibility index (Phi) is 2.68.